The molecule has 3 fully saturated rings. The van der Waals surface area contributed by atoms with Gasteiger partial charge in [0.1, 0.15) is 0 Å². The first-order valence-corrected chi connectivity index (χ1v) is 9.43. The molecule has 3 rings (SSSR count). The lowest BCUT2D eigenvalue weighted by atomic mass is 10.3. The van der Waals surface area contributed by atoms with Crippen molar-refractivity contribution < 1.29 is 13.2 Å². The van der Waals surface area contributed by atoms with Crippen LogP contribution in [0.4, 0.5) is 13.2 Å². The molecule has 0 aromatic rings. The molecule has 0 bridgehead atoms. The van der Waals surface area contributed by atoms with Gasteiger partial charge in [-0.05, 0) is 38.0 Å². The van der Waals surface area contributed by atoms with Crippen molar-refractivity contribution >= 4 is 29.9 Å². The molecule has 0 aromatic carbocycles. The summed E-state index contributed by atoms with van der Waals surface area (Å²) in [7, 11) is 1.71. The van der Waals surface area contributed by atoms with E-state index in [-0.39, 0.29) is 30.0 Å². The maximum atomic E-state index is 12.5. The highest BCUT2D eigenvalue weighted by molar-refractivity contribution is 14.0. The summed E-state index contributed by atoms with van der Waals surface area (Å²) in [6.07, 6.45) is 1.97. The van der Waals surface area contributed by atoms with Gasteiger partial charge in [-0.25, -0.2) is 0 Å². The number of likely N-dealkylation sites (tertiary alicyclic amines) is 1. The van der Waals surface area contributed by atoms with Gasteiger partial charge in [0.2, 0.25) is 0 Å². The van der Waals surface area contributed by atoms with Crippen LogP contribution in [0.15, 0.2) is 4.99 Å². The van der Waals surface area contributed by atoms with E-state index in [0.29, 0.717) is 25.5 Å². The fourth-order valence-corrected chi connectivity index (χ4v) is 3.55. The molecule has 152 valence electrons. The number of rotatable bonds is 8. The van der Waals surface area contributed by atoms with Crippen LogP contribution in [-0.2, 0) is 0 Å². The fraction of sp³-hybridized carbons (Fsp3) is 0.941. The highest BCUT2D eigenvalue weighted by atomic mass is 127. The highest BCUT2D eigenvalue weighted by Crippen LogP contribution is 2.34. The summed E-state index contributed by atoms with van der Waals surface area (Å²) >= 11 is 0. The predicted octanol–water partition coefficient (Wildman–Crippen LogP) is 2.28. The lowest BCUT2D eigenvalue weighted by Gasteiger charge is -2.23. The quantitative estimate of drug-likeness (QED) is 0.312. The van der Waals surface area contributed by atoms with Gasteiger partial charge in [-0.3, -0.25) is 14.8 Å². The number of alkyl halides is 3. The van der Waals surface area contributed by atoms with Gasteiger partial charge in [-0.1, -0.05) is 0 Å². The Labute approximate surface area is 171 Å². The van der Waals surface area contributed by atoms with Crippen molar-refractivity contribution in [2.75, 3.05) is 46.3 Å². The van der Waals surface area contributed by atoms with Crippen molar-refractivity contribution in [2.45, 2.75) is 50.4 Å². The number of hydrogen-bond acceptors (Lipinski definition) is 3. The van der Waals surface area contributed by atoms with E-state index in [1.165, 1.54) is 37.1 Å². The normalized spacial score (nSPS) is 24.7. The topological polar surface area (TPSA) is 42.9 Å². The molecule has 1 heterocycles. The average molecular weight is 489 g/mol. The van der Waals surface area contributed by atoms with Crippen LogP contribution in [0.2, 0.25) is 0 Å². The minimum atomic E-state index is -4.12. The molecule has 1 saturated heterocycles. The second-order valence-corrected chi connectivity index (χ2v) is 7.65. The van der Waals surface area contributed by atoms with Gasteiger partial charge in [-0.15, -0.1) is 24.0 Å². The minimum absolute atomic E-state index is 0. The molecule has 5 nitrogen and oxygen atoms in total. The zero-order valence-electron chi connectivity index (χ0n) is 15.4. The lowest BCUT2D eigenvalue weighted by Crippen LogP contribution is -2.47. The largest absolute Gasteiger partial charge is 0.401 e. The first kappa shape index (κ1) is 22.0. The molecule has 3 aliphatic rings. The monoisotopic (exact) mass is 489 g/mol. The van der Waals surface area contributed by atoms with E-state index in [2.05, 4.69) is 20.5 Å². The summed E-state index contributed by atoms with van der Waals surface area (Å²) in [6, 6.07) is 0.794. The van der Waals surface area contributed by atoms with E-state index in [9.17, 15) is 13.2 Å². The molecule has 2 aliphatic carbocycles. The van der Waals surface area contributed by atoms with Gasteiger partial charge in [0.25, 0.3) is 0 Å². The third kappa shape index (κ3) is 7.75. The van der Waals surface area contributed by atoms with Crippen molar-refractivity contribution in [2.24, 2.45) is 10.9 Å². The molecular weight excluding hydrogens is 458 g/mol. The Morgan fingerprint density at radius 3 is 2.50 bits per heavy atom. The van der Waals surface area contributed by atoms with Crippen LogP contribution in [-0.4, -0.2) is 80.3 Å². The van der Waals surface area contributed by atoms with E-state index >= 15 is 0 Å². The van der Waals surface area contributed by atoms with Crippen molar-refractivity contribution in [3.63, 3.8) is 0 Å². The molecule has 0 amide bonds. The van der Waals surface area contributed by atoms with Crippen molar-refractivity contribution in [1.82, 2.24) is 20.4 Å². The summed E-state index contributed by atoms with van der Waals surface area (Å²) < 4.78 is 37.4. The van der Waals surface area contributed by atoms with E-state index in [0.717, 1.165) is 25.0 Å². The SMILES string of the molecule is CN=C(NCCN(CC1CC1)C1CC1)NC1CCN(CC(F)(F)F)C1.I. The zero-order chi connectivity index (χ0) is 17.9. The van der Waals surface area contributed by atoms with E-state index in [1.54, 1.807) is 7.05 Å². The molecule has 1 aliphatic heterocycles. The zero-order valence-corrected chi connectivity index (χ0v) is 17.7. The van der Waals surface area contributed by atoms with Crippen LogP contribution in [0.5, 0.6) is 0 Å². The Hall–Kier alpha value is -0.290. The first-order chi connectivity index (χ1) is 11.9. The second kappa shape index (κ2) is 9.77. The summed E-state index contributed by atoms with van der Waals surface area (Å²) in [4.78, 5) is 8.25. The minimum Gasteiger partial charge on any atom is -0.355 e. The molecule has 2 saturated carbocycles. The van der Waals surface area contributed by atoms with Crippen LogP contribution in [0.3, 0.4) is 0 Å². The molecule has 2 N–H and O–H groups in total. The first-order valence-electron chi connectivity index (χ1n) is 9.43. The molecule has 9 heteroatoms. The van der Waals surface area contributed by atoms with Crippen molar-refractivity contribution in [1.29, 1.82) is 0 Å². The van der Waals surface area contributed by atoms with Crippen LogP contribution in [0.25, 0.3) is 0 Å². The molecule has 1 atom stereocenters. The van der Waals surface area contributed by atoms with Gasteiger partial charge in [0, 0.05) is 51.9 Å². The smallest absolute Gasteiger partial charge is 0.355 e. The lowest BCUT2D eigenvalue weighted by molar-refractivity contribution is -0.143. The summed E-state index contributed by atoms with van der Waals surface area (Å²) in [5, 5.41) is 6.59. The fourth-order valence-electron chi connectivity index (χ4n) is 3.55. The standard InChI is InChI=1S/C17H30F3N5.HI/c1-21-16(23-14-6-8-24(11-14)12-17(18,19)20)22-7-9-25(15-4-5-15)10-13-2-3-13;/h13-15H,2-12H2,1H3,(H2,21,22,23);1H. The second-order valence-electron chi connectivity index (χ2n) is 7.65. The van der Waals surface area contributed by atoms with Crippen LogP contribution >= 0.6 is 24.0 Å². The third-order valence-electron chi connectivity index (χ3n) is 5.18. The van der Waals surface area contributed by atoms with E-state index in [4.69, 9.17) is 0 Å². The Morgan fingerprint density at radius 1 is 1.19 bits per heavy atom. The summed E-state index contributed by atoms with van der Waals surface area (Å²) in [5.74, 6) is 1.59. The van der Waals surface area contributed by atoms with E-state index in [1.807, 2.05) is 0 Å². The maximum absolute atomic E-state index is 12.5. The van der Waals surface area contributed by atoms with E-state index < -0.39 is 12.7 Å². The predicted molar refractivity (Wildman–Crippen MR) is 108 cm³/mol. The molecule has 0 radical (unpaired) electrons. The highest BCUT2D eigenvalue weighted by Gasteiger charge is 2.35. The summed E-state index contributed by atoms with van der Waals surface area (Å²) in [6.45, 7) is 3.11. The summed E-state index contributed by atoms with van der Waals surface area (Å²) in [5.41, 5.74) is 0. The number of aliphatic imine (C=N–C) groups is 1. The molecule has 26 heavy (non-hydrogen) atoms. The average Bonchev–Trinajstić information content (AvgIpc) is 3.44. The van der Waals surface area contributed by atoms with Gasteiger partial charge in [0.15, 0.2) is 5.96 Å². The third-order valence-corrected chi connectivity index (χ3v) is 5.18. The van der Waals surface area contributed by atoms with Crippen molar-refractivity contribution in [3.05, 3.63) is 0 Å². The molecule has 0 spiro atoms. The number of hydrogen-bond donors (Lipinski definition) is 2. The molecular formula is C17H31F3IN5. The van der Waals surface area contributed by atoms with Gasteiger partial charge in [0.05, 0.1) is 6.54 Å². The van der Waals surface area contributed by atoms with Gasteiger partial charge >= 0.3 is 6.18 Å². The van der Waals surface area contributed by atoms with Crippen LogP contribution < -0.4 is 10.6 Å². The van der Waals surface area contributed by atoms with Gasteiger partial charge < -0.3 is 10.6 Å². The maximum Gasteiger partial charge on any atom is 0.401 e. The van der Waals surface area contributed by atoms with Gasteiger partial charge in [-0.2, -0.15) is 13.2 Å². The van der Waals surface area contributed by atoms with Crippen LogP contribution in [0.1, 0.15) is 32.1 Å². The number of guanidine groups is 1. The Kier molecular flexibility index (Phi) is 8.27. The Balaban J connectivity index is 0.00000243. The molecule has 0 aromatic heterocycles. The van der Waals surface area contributed by atoms with Crippen LogP contribution in [0, 0.1) is 5.92 Å². The Bertz CT molecular complexity index is 466. The van der Waals surface area contributed by atoms with Crippen molar-refractivity contribution in [3.8, 4) is 0 Å². The number of nitrogens with zero attached hydrogens (tertiary/aromatic N) is 3. The Morgan fingerprint density at radius 2 is 1.92 bits per heavy atom. The molecule has 1 unspecified atom stereocenters. The number of halogens is 4. The number of nitrogens with one attached hydrogen (secondary N) is 2.